The standard InChI is InChI=1S/C24H26O5.C20H16O6.C16H13NO4.C16H14O4.C16H12O4.CH5N/c1-23(2,3)21(25)27-17-9-7-15(8-10-17)20-14-16-13-18(11-12-19(16)29-20)28-22(26)24(4,5)6;1-11(21)19-17-10-16(25-13(3)23)8-9-18(17)26-20(19)14-4-6-15(7-5-14)24-12(2)22;1-9(17-20)15-13-8-12(19)6-7-14(13)21-16(15)10-2-4-11(18)5-3-10;2*1-9(17)15-13-8-12(19)6-7-14(13)20-16(15)10-2-4-11(18)5-3-10;1-2/h7-14H,1-6H3;4-10H,1-3H3;2-8,18-20H,1H3;2-9,17-19H,1H3;2-8,18-19H,1H3;2H2,1H3/b;;17-9-;;;. The lowest BCUT2D eigenvalue weighted by Gasteiger charge is -2.16. The molecule has 1 atom stereocenters. The maximum atomic E-state index is 12.2. The van der Waals surface area contributed by atoms with Crippen LogP contribution in [-0.4, -0.2) is 89.2 Å². The number of ether oxygens (including phenoxy) is 4. The summed E-state index contributed by atoms with van der Waals surface area (Å²) in [4.78, 5) is 70.4. The van der Waals surface area contributed by atoms with Gasteiger partial charge in [0.05, 0.1) is 39.3 Å². The zero-order valence-electron chi connectivity index (χ0n) is 66.6. The number of ketones is 2. The number of aliphatic hydroxyl groups excluding tert-OH is 1. The van der Waals surface area contributed by atoms with Crippen LogP contribution in [0.25, 0.3) is 111 Å². The quantitative estimate of drug-likeness (QED) is 0.0129. The first-order chi connectivity index (χ1) is 56.0. The minimum absolute atomic E-state index is 0.0815. The summed E-state index contributed by atoms with van der Waals surface area (Å²) in [6.07, 6.45) is -0.734. The summed E-state index contributed by atoms with van der Waals surface area (Å²) in [6, 6.07) is 59.5. The molecule has 25 heteroatoms. The number of furan rings is 5. The molecule has 5 heterocycles. The molecule has 118 heavy (non-hydrogen) atoms. The third kappa shape index (κ3) is 20.6. The van der Waals surface area contributed by atoms with Crippen molar-refractivity contribution < 1.29 is 111 Å². The molecule has 0 aliphatic rings. The second kappa shape index (κ2) is 36.6. The van der Waals surface area contributed by atoms with E-state index in [1.165, 1.54) is 71.1 Å². The summed E-state index contributed by atoms with van der Waals surface area (Å²) in [7, 11) is 1.50. The van der Waals surface area contributed by atoms with Crippen molar-refractivity contribution in [3.63, 3.8) is 0 Å². The van der Waals surface area contributed by atoms with Crippen LogP contribution in [0.1, 0.15) is 121 Å². The lowest BCUT2D eigenvalue weighted by atomic mass is 9.97. The SMILES string of the molecule is C/C(=N/O)c1c(-c2ccc(O)cc2)oc2ccc(O)cc12.CC(=O)Oc1ccc(-c2oc3ccc(OC(C)=O)cc3c2C(C)=O)cc1.CC(=O)c1c(-c2ccc(O)cc2)oc2ccc(O)cc12.CC(C)(C)C(=O)Oc1ccc(-c2cc3cc(OC(=O)C(C)(C)C)ccc3o2)cc1.CC(O)c1c(-c2ccc(O)cc2)oc2ccc(O)cc12.CN. The highest BCUT2D eigenvalue weighted by Crippen LogP contribution is 2.43. The monoisotopic (exact) mass is 1600 g/mol. The van der Waals surface area contributed by atoms with Crippen molar-refractivity contribution >= 4 is 96.0 Å². The summed E-state index contributed by atoms with van der Waals surface area (Å²) in [5.74, 6) is 3.31. The predicted octanol–water partition coefficient (Wildman–Crippen LogP) is 20.7. The summed E-state index contributed by atoms with van der Waals surface area (Å²) in [6.45, 7) is 19.7. The van der Waals surface area contributed by atoms with Gasteiger partial charge in [-0.1, -0.05) is 5.16 Å². The second-order valence-electron chi connectivity index (χ2n) is 28.9. The molecule has 0 aliphatic carbocycles. The topological polar surface area (TPSA) is 405 Å². The lowest BCUT2D eigenvalue weighted by Crippen LogP contribution is -2.25. The average Bonchev–Trinajstić information content (AvgIpc) is 1.65. The lowest BCUT2D eigenvalue weighted by molar-refractivity contribution is -0.143. The highest BCUT2D eigenvalue weighted by molar-refractivity contribution is 6.14. The third-order valence-electron chi connectivity index (χ3n) is 17.6. The van der Waals surface area contributed by atoms with Crippen molar-refractivity contribution in [3.8, 4) is 114 Å². The number of carbonyl (C=O) groups excluding carboxylic acids is 6. The summed E-state index contributed by atoms with van der Waals surface area (Å²) < 4.78 is 50.0. The number of aromatic hydroxyl groups is 6. The molecule has 10 N–H and O–H groups in total. The Balaban J connectivity index is 0.000000156. The first-order valence-electron chi connectivity index (χ1n) is 36.7. The Hall–Kier alpha value is -14.7. The summed E-state index contributed by atoms with van der Waals surface area (Å²) in [5, 5.41) is 82.5. The van der Waals surface area contributed by atoms with E-state index in [0.29, 0.717) is 140 Å². The summed E-state index contributed by atoms with van der Waals surface area (Å²) >= 11 is 0. The maximum Gasteiger partial charge on any atom is 0.316 e. The number of nitrogens with zero attached hydrogens (tertiary/aromatic N) is 1. The molecule has 0 bridgehead atoms. The number of rotatable bonds is 13. The third-order valence-corrected chi connectivity index (χ3v) is 17.6. The van der Waals surface area contributed by atoms with Crippen molar-refractivity contribution in [2.24, 2.45) is 21.7 Å². The van der Waals surface area contributed by atoms with E-state index in [2.05, 4.69) is 10.9 Å². The summed E-state index contributed by atoms with van der Waals surface area (Å²) in [5.41, 5.74) is 12.4. The number of carbonyl (C=O) groups is 6. The largest absolute Gasteiger partial charge is 0.508 e. The molecule has 0 saturated carbocycles. The molecule has 1 unspecified atom stereocenters. The molecule has 606 valence electrons. The molecule has 25 nitrogen and oxygen atoms in total. The fourth-order valence-corrected chi connectivity index (χ4v) is 12.0. The zero-order valence-corrected chi connectivity index (χ0v) is 66.6. The van der Waals surface area contributed by atoms with E-state index in [9.17, 15) is 64.5 Å². The fourth-order valence-electron chi connectivity index (χ4n) is 12.0. The number of benzene rings is 10. The van der Waals surface area contributed by atoms with Crippen molar-refractivity contribution in [1.29, 1.82) is 0 Å². The Bertz CT molecular complexity index is 6200. The normalized spacial score (nSPS) is 11.5. The van der Waals surface area contributed by atoms with Crippen LogP contribution in [0.4, 0.5) is 0 Å². The van der Waals surface area contributed by atoms with Gasteiger partial charge in [-0.05, 0) is 295 Å². The number of nitrogens with two attached hydrogens (primary N) is 1. The van der Waals surface area contributed by atoms with Crippen LogP contribution in [-0.2, 0) is 19.2 Å². The van der Waals surface area contributed by atoms with Crippen LogP contribution >= 0.6 is 0 Å². The Morgan fingerprint density at radius 1 is 0.347 bits per heavy atom. The molecule has 0 saturated heterocycles. The maximum absolute atomic E-state index is 12.2. The number of oxime groups is 1. The van der Waals surface area contributed by atoms with Crippen LogP contribution < -0.4 is 24.7 Å². The number of Topliss-reactive ketones (excluding diaryl/α,β-unsaturated/α-hetero) is 2. The number of phenolic OH excluding ortho intramolecular Hbond substituents is 6. The molecular formula is C93H86N2O23. The van der Waals surface area contributed by atoms with Gasteiger partial charge in [-0.25, -0.2) is 0 Å². The molecule has 0 spiro atoms. The van der Waals surface area contributed by atoms with Crippen LogP contribution in [0.15, 0.2) is 246 Å². The van der Waals surface area contributed by atoms with E-state index < -0.39 is 28.9 Å². The van der Waals surface area contributed by atoms with Crippen LogP contribution in [0.5, 0.6) is 57.5 Å². The number of fused-ring (bicyclic) bond motifs is 5. The van der Waals surface area contributed by atoms with Gasteiger partial charge in [0.1, 0.15) is 114 Å². The van der Waals surface area contributed by atoms with Crippen LogP contribution in [0.2, 0.25) is 0 Å². The molecule has 0 fully saturated rings. The van der Waals surface area contributed by atoms with E-state index in [1.807, 2.05) is 59.7 Å². The van der Waals surface area contributed by atoms with Gasteiger partial charge in [0.25, 0.3) is 0 Å². The number of phenols is 6. The number of esters is 4. The Morgan fingerprint density at radius 2 is 0.653 bits per heavy atom. The Labute approximate surface area is 676 Å². The van der Waals surface area contributed by atoms with Gasteiger partial charge < -0.3 is 87.7 Å². The Kier molecular flexibility index (Phi) is 26.6. The molecule has 15 aromatic rings. The minimum Gasteiger partial charge on any atom is -0.508 e. The molecule has 10 aromatic carbocycles. The van der Waals surface area contributed by atoms with Crippen LogP contribution in [0, 0.1) is 10.8 Å². The van der Waals surface area contributed by atoms with Crippen molar-refractivity contribution in [2.45, 2.75) is 89.2 Å². The molecule has 0 aliphatic heterocycles. The van der Waals surface area contributed by atoms with E-state index in [-0.39, 0.29) is 58.0 Å². The molecule has 0 amide bonds. The van der Waals surface area contributed by atoms with Gasteiger partial charge in [-0.2, -0.15) is 0 Å². The van der Waals surface area contributed by atoms with Crippen molar-refractivity contribution in [3.05, 3.63) is 241 Å². The van der Waals surface area contributed by atoms with Gasteiger partial charge >= 0.3 is 23.9 Å². The molecule has 5 aromatic heterocycles. The number of aliphatic hydroxyl groups is 1. The van der Waals surface area contributed by atoms with E-state index in [1.54, 1.807) is 178 Å². The molecular weight excluding hydrogens is 1510 g/mol. The first kappa shape index (κ1) is 85.7. The minimum atomic E-state index is -0.734. The molecule has 15 rings (SSSR count). The Morgan fingerprint density at radius 3 is 1.06 bits per heavy atom. The highest BCUT2D eigenvalue weighted by Gasteiger charge is 2.28. The fraction of sp³-hybridized carbons (Fsp3) is 0.172. The average molecular weight is 1600 g/mol. The molecule has 0 radical (unpaired) electrons. The van der Waals surface area contributed by atoms with E-state index >= 15 is 0 Å². The van der Waals surface area contributed by atoms with E-state index in [0.717, 1.165) is 22.1 Å². The van der Waals surface area contributed by atoms with Crippen LogP contribution in [0.3, 0.4) is 0 Å². The number of hydrogen-bond donors (Lipinski definition) is 9. The van der Waals surface area contributed by atoms with Crippen molar-refractivity contribution in [1.82, 2.24) is 0 Å². The zero-order chi connectivity index (χ0) is 85.8. The van der Waals surface area contributed by atoms with E-state index in [4.69, 9.17) is 46.2 Å². The van der Waals surface area contributed by atoms with Gasteiger partial charge in [0, 0.05) is 74.2 Å². The first-order valence-corrected chi connectivity index (χ1v) is 36.7. The van der Waals surface area contributed by atoms with Gasteiger partial charge in [-0.3, -0.25) is 28.8 Å². The second-order valence-corrected chi connectivity index (χ2v) is 28.9. The van der Waals surface area contributed by atoms with Gasteiger partial charge in [0.15, 0.2) is 11.6 Å². The smallest absolute Gasteiger partial charge is 0.316 e. The van der Waals surface area contributed by atoms with Crippen molar-refractivity contribution in [2.75, 3.05) is 7.05 Å². The van der Waals surface area contributed by atoms with Gasteiger partial charge in [0.2, 0.25) is 0 Å². The highest BCUT2D eigenvalue weighted by atomic mass is 16.5. The van der Waals surface area contributed by atoms with Gasteiger partial charge in [-0.15, -0.1) is 0 Å². The number of hydrogen-bond acceptors (Lipinski definition) is 25. The predicted molar refractivity (Wildman–Crippen MR) is 446 cm³/mol.